The molecule has 0 aliphatic carbocycles. The minimum absolute atomic E-state index is 0.111. The molecule has 0 radical (unpaired) electrons. The molecule has 0 saturated carbocycles. The van der Waals surface area contributed by atoms with Crippen molar-refractivity contribution in [1.82, 2.24) is 20.6 Å². The number of nitrogens with zero attached hydrogens (tertiary/aromatic N) is 1. The molecule has 3 atom stereocenters. The number of unbranched alkanes of at least 4 members (excludes halogenated alkanes) is 1. The van der Waals surface area contributed by atoms with Gasteiger partial charge in [0.25, 0.3) is 0 Å². The van der Waals surface area contributed by atoms with Gasteiger partial charge in [0.15, 0.2) is 0 Å². The first kappa shape index (κ1) is 23.6. The number of carboxylic acid groups (broad SMARTS) is 1. The molecule has 1 aromatic heterocycles. The van der Waals surface area contributed by atoms with Crippen molar-refractivity contribution in [3.63, 3.8) is 0 Å². The smallest absolute Gasteiger partial charge is 0.326 e. The first-order valence-electron chi connectivity index (χ1n) is 9.51. The van der Waals surface area contributed by atoms with E-state index in [0.29, 0.717) is 31.5 Å². The fourth-order valence-electron chi connectivity index (χ4n) is 2.73. The van der Waals surface area contributed by atoms with Crippen molar-refractivity contribution in [3.8, 4) is 0 Å². The predicted octanol–water partition coefficient (Wildman–Crippen LogP) is -0.491. The molecular formula is C18H32N6O4. The van der Waals surface area contributed by atoms with E-state index in [2.05, 4.69) is 20.6 Å². The molecule has 1 rings (SSSR count). The minimum atomic E-state index is -1.11. The standard InChI is InChI=1S/C18H32N6O4/c1-11(2)7-15(17(26)23-14(18(27)28)5-3-4-6-19)24-16(25)13(20)8-12-9-21-10-22-12/h9-11,13-15H,3-8,19-20H2,1-2H3,(H,21,22)(H,23,26)(H,24,25)(H,27,28)/t13-,14-,15-/m0/s1. The van der Waals surface area contributed by atoms with E-state index in [0.717, 1.165) is 0 Å². The number of hydrogen-bond donors (Lipinski definition) is 6. The Labute approximate surface area is 164 Å². The second-order valence-electron chi connectivity index (χ2n) is 7.26. The monoisotopic (exact) mass is 396 g/mol. The SMILES string of the molecule is CC(C)C[C@H](NC(=O)[C@@H](N)Cc1cnc[nH]1)C(=O)N[C@@H](CCCCN)C(=O)O. The summed E-state index contributed by atoms with van der Waals surface area (Å²) >= 11 is 0. The Morgan fingerprint density at radius 1 is 1.18 bits per heavy atom. The van der Waals surface area contributed by atoms with Crippen LogP contribution in [-0.2, 0) is 20.8 Å². The van der Waals surface area contributed by atoms with Crippen LogP contribution in [0.5, 0.6) is 0 Å². The van der Waals surface area contributed by atoms with Crippen LogP contribution in [0.2, 0.25) is 0 Å². The normalized spacial score (nSPS) is 14.3. The first-order chi connectivity index (χ1) is 13.2. The number of aliphatic carboxylic acids is 1. The van der Waals surface area contributed by atoms with Crippen molar-refractivity contribution < 1.29 is 19.5 Å². The van der Waals surface area contributed by atoms with Gasteiger partial charge in [-0.2, -0.15) is 0 Å². The zero-order valence-corrected chi connectivity index (χ0v) is 16.5. The van der Waals surface area contributed by atoms with Crippen LogP contribution in [-0.4, -0.2) is 57.5 Å². The second kappa shape index (κ2) is 12.1. The number of carbonyl (C=O) groups excluding carboxylic acids is 2. The number of amides is 2. The van der Waals surface area contributed by atoms with Gasteiger partial charge in [-0.15, -0.1) is 0 Å². The summed E-state index contributed by atoms with van der Waals surface area (Å²) in [5.41, 5.74) is 12.1. The third-order valence-electron chi connectivity index (χ3n) is 4.23. The van der Waals surface area contributed by atoms with E-state index in [1.807, 2.05) is 13.8 Å². The zero-order valence-electron chi connectivity index (χ0n) is 16.5. The van der Waals surface area contributed by atoms with E-state index >= 15 is 0 Å². The zero-order chi connectivity index (χ0) is 21.1. The molecule has 1 heterocycles. The number of imidazole rings is 1. The molecule has 10 heteroatoms. The highest BCUT2D eigenvalue weighted by atomic mass is 16.4. The minimum Gasteiger partial charge on any atom is -0.480 e. The van der Waals surface area contributed by atoms with Crippen LogP contribution in [0.3, 0.4) is 0 Å². The van der Waals surface area contributed by atoms with Crippen molar-refractivity contribution >= 4 is 17.8 Å². The molecule has 2 amide bonds. The summed E-state index contributed by atoms with van der Waals surface area (Å²) in [7, 11) is 0. The summed E-state index contributed by atoms with van der Waals surface area (Å²) in [4.78, 5) is 43.2. The molecule has 8 N–H and O–H groups in total. The summed E-state index contributed by atoms with van der Waals surface area (Å²) in [6, 6.07) is -2.75. The topological polar surface area (TPSA) is 176 Å². The molecule has 0 aliphatic heterocycles. The van der Waals surface area contributed by atoms with E-state index in [1.165, 1.54) is 6.33 Å². The number of H-pyrrole nitrogens is 1. The van der Waals surface area contributed by atoms with E-state index in [1.54, 1.807) is 6.20 Å². The van der Waals surface area contributed by atoms with Crippen LogP contribution >= 0.6 is 0 Å². The second-order valence-corrected chi connectivity index (χ2v) is 7.26. The van der Waals surface area contributed by atoms with Crippen LogP contribution in [0.25, 0.3) is 0 Å². The van der Waals surface area contributed by atoms with Crippen LogP contribution in [0.1, 0.15) is 45.2 Å². The molecule has 0 aromatic carbocycles. The summed E-state index contributed by atoms with van der Waals surface area (Å²) in [5, 5.41) is 14.5. The van der Waals surface area contributed by atoms with Crippen molar-refractivity contribution in [1.29, 1.82) is 0 Å². The van der Waals surface area contributed by atoms with Crippen LogP contribution in [0.4, 0.5) is 0 Å². The van der Waals surface area contributed by atoms with Crippen LogP contribution in [0.15, 0.2) is 12.5 Å². The highest BCUT2D eigenvalue weighted by Gasteiger charge is 2.28. The fourth-order valence-corrected chi connectivity index (χ4v) is 2.73. The van der Waals surface area contributed by atoms with Gasteiger partial charge < -0.3 is 32.2 Å². The van der Waals surface area contributed by atoms with E-state index < -0.39 is 35.9 Å². The molecule has 28 heavy (non-hydrogen) atoms. The van der Waals surface area contributed by atoms with Gasteiger partial charge in [-0.25, -0.2) is 9.78 Å². The lowest BCUT2D eigenvalue weighted by Gasteiger charge is -2.24. The van der Waals surface area contributed by atoms with Gasteiger partial charge in [0.2, 0.25) is 11.8 Å². The highest BCUT2D eigenvalue weighted by Crippen LogP contribution is 2.08. The average molecular weight is 396 g/mol. The van der Waals surface area contributed by atoms with Crippen molar-refractivity contribution in [2.45, 2.75) is 64.1 Å². The summed E-state index contributed by atoms with van der Waals surface area (Å²) in [5.74, 6) is -2.02. The van der Waals surface area contributed by atoms with E-state index in [9.17, 15) is 19.5 Å². The molecule has 0 spiro atoms. The molecule has 0 bridgehead atoms. The first-order valence-corrected chi connectivity index (χ1v) is 9.51. The number of rotatable bonds is 13. The van der Waals surface area contributed by atoms with Crippen molar-refractivity contribution in [3.05, 3.63) is 18.2 Å². The number of carboxylic acids is 1. The Morgan fingerprint density at radius 3 is 2.39 bits per heavy atom. The maximum Gasteiger partial charge on any atom is 0.326 e. The number of aromatic nitrogens is 2. The maximum absolute atomic E-state index is 12.6. The maximum atomic E-state index is 12.6. The number of nitrogens with two attached hydrogens (primary N) is 2. The van der Waals surface area contributed by atoms with E-state index in [4.69, 9.17) is 11.5 Å². The Bertz CT molecular complexity index is 620. The molecular weight excluding hydrogens is 364 g/mol. The lowest BCUT2D eigenvalue weighted by Crippen LogP contribution is -2.55. The van der Waals surface area contributed by atoms with Gasteiger partial charge in [-0.3, -0.25) is 9.59 Å². The molecule has 1 aromatic rings. The number of hydrogen-bond acceptors (Lipinski definition) is 6. The highest BCUT2D eigenvalue weighted by molar-refractivity contribution is 5.91. The number of aromatic amines is 1. The third-order valence-corrected chi connectivity index (χ3v) is 4.23. The van der Waals surface area contributed by atoms with Gasteiger partial charge in [-0.05, 0) is 38.1 Å². The summed E-state index contributed by atoms with van der Waals surface area (Å²) < 4.78 is 0. The van der Waals surface area contributed by atoms with Gasteiger partial charge in [-0.1, -0.05) is 13.8 Å². The molecule has 0 saturated heterocycles. The van der Waals surface area contributed by atoms with E-state index in [-0.39, 0.29) is 18.8 Å². The van der Waals surface area contributed by atoms with Gasteiger partial charge in [0.05, 0.1) is 12.4 Å². The molecule has 0 aliphatic rings. The Hall–Kier alpha value is -2.46. The van der Waals surface area contributed by atoms with Crippen molar-refractivity contribution in [2.75, 3.05) is 6.54 Å². The lowest BCUT2D eigenvalue weighted by atomic mass is 10.0. The molecule has 0 unspecified atom stereocenters. The fraction of sp³-hybridized carbons (Fsp3) is 0.667. The molecule has 10 nitrogen and oxygen atoms in total. The summed E-state index contributed by atoms with van der Waals surface area (Å²) in [6.07, 6.45) is 5.22. The largest absolute Gasteiger partial charge is 0.480 e. The van der Waals surface area contributed by atoms with Crippen LogP contribution in [0, 0.1) is 5.92 Å². The third kappa shape index (κ3) is 8.49. The molecule has 0 fully saturated rings. The quantitative estimate of drug-likeness (QED) is 0.244. The number of nitrogens with one attached hydrogen (secondary N) is 3. The Kier molecular flexibility index (Phi) is 10.2. The number of carbonyl (C=O) groups is 3. The van der Waals surface area contributed by atoms with Crippen LogP contribution < -0.4 is 22.1 Å². The van der Waals surface area contributed by atoms with Gasteiger partial charge in [0.1, 0.15) is 12.1 Å². The molecule has 158 valence electrons. The van der Waals surface area contributed by atoms with Crippen molar-refractivity contribution in [2.24, 2.45) is 17.4 Å². The predicted molar refractivity (Wildman–Crippen MR) is 104 cm³/mol. The Balaban J connectivity index is 2.71. The summed E-state index contributed by atoms with van der Waals surface area (Å²) in [6.45, 7) is 4.28. The average Bonchev–Trinajstić information content (AvgIpc) is 3.12. The lowest BCUT2D eigenvalue weighted by molar-refractivity contribution is -0.142. The van der Waals surface area contributed by atoms with Gasteiger partial charge >= 0.3 is 5.97 Å². The Morgan fingerprint density at radius 2 is 1.86 bits per heavy atom. The van der Waals surface area contributed by atoms with Gasteiger partial charge in [0, 0.05) is 18.3 Å².